The van der Waals surface area contributed by atoms with Crippen LogP contribution >= 0.6 is 11.6 Å². The largest absolute Gasteiger partial charge is 0.398 e. The van der Waals surface area contributed by atoms with Crippen LogP contribution in [0.3, 0.4) is 0 Å². The third-order valence-electron chi connectivity index (χ3n) is 2.05. The van der Waals surface area contributed by atoms with Gasteiger partial charge in [-0.05, 0) is 25.1 Å². The Bertz CT molecular complexity index is 439. The molecule has 84 valence electrons. The summed E-state index contributed by atoms with van der Waals surface area (Å²) >= 11 is 5.79. The van der Waals surface area contributed by atoms with E-state index in [4.69, 9.17) is 22.6 Å². The molecule has 1 aromatic rings. The molecule has 0 saturated carbocycles. The lowest BCUT2D eigenvalue weighted by Crippen LogP contribution is -2.27. The van der Waals surface area contributed by atoms with E-state index in [-0.39, 0.29) is 11.8 Å². The average Bonchev–Trinajstić information content (AvgIpc) is 2.29. The SMILES string of the molecule is CC(C#N)CNC(=O)c1ccc(N)c(Cl)c1. The Kier molecular flexibility index (Phi) is 4.15. The standard InChI is InChI=1S/C11H12ClN3O/c1-7(5-13)6-15-11(16)8-2-3-10(14)9(12)4-8/h2-4,7H,6,14H2,1H3,(H,15,16). The van der Waals surface area contributed by atoms with E-state index in [9.17, 15) is 4.79 Å². The van der Waals surface area contributed by atoms with E-state index in [1.54, 1.807) is 19.1 Å². The van der Waals surface area contributed by atoms with Gasteiger partial charge in [0.25, 0.3) is 5.91 Å². The number of hydrogen-bond acceptors (Lipinski definition) is 3. The van der Waals surface area contributed by atoms with Crippen LogP contribution in [0.5, 0.6) is 0 Å². The third-order valence-corrected chi connectivity index (χ3v) is 2.38. The van der Waals surface area contributed by atoms with E-state index in [0.717, 1.165) is 0 Å². The van der Waals surface area contributed by atoms with Crippen LogP contribution in [-0.4, -0.2) is 12.5 Å². The minimum Gasteiger partial charge on any atom is -0.398 e. The predicted molar refractivity (Wildman–Crippen MR) is 63.0 cm³/mol. The Morgan fingerprint density at radius 2 is 2.38 bits per heavy atom. The van der Waals surface area contributed by atoms with E-state index in [2.05, 4.69) is 5.32 Å². The van der Waals surface area contributed by atoms with E-state index >= 15 is 0 Å². The number of nitrogens with zero attached hydrogens (tertiary/aromatic N) is 1. The fourth-order valence-corrected chi connectivity index (χ4v) is 1.24. The quantitative estimate of drug-likeness (QED) is 0.787. The number of benzene rings is 1. The molecule has 5 heteroatoms. The summed E-state index contributed by atoms with van der Waals surface area (Å²) in [5.74, 6) is -0.475. The van der Waals surface area contributed by atoms with Crippen molar-refractivity contribution >= 4 is 23.2 Å². The molecule has 0 aromatic heterocycles. The summed E-state index contributed by atoms with van der Waals surface area (Å²) in [6, 6.07) is 6.70. The summed E-state index contributed by atoms with van der Waals surface area (Å²) in [4.78, 5) is 11.6. The molecule has 1 unspecified atom stereocenters. The first kappa shape index (κ1) is 12.3. The van der Waals surface area contributed by atoms with Crippen LogP contribution in [0, 0.1) is 17.2 Å². The molecule has 0 aliphatic heterocycles. The molecular weight excluding hydrogens is 226 g/mol. The van der Waals surface area contributed by atoms with Gasteiger partial charge in [0.05, 0.1) is 22.7 Å². The van der Waals surface area contributed by atoms with Crippen LogP contribution in [-0.2, 0) is 0 Å². The Morgan fingerprint density at radius 3 is 2.94 bits per heavy atom. The van der Waals surface area contributed by atoms with Crippen molar-refractivity contribution in [1.29, 1.82) is 5.26 Å². The topological polar surface area (TPSA) is 78.9 Å². The number of rotatable bonds is 3. The average molecular weight is 238 g/mol. The second-order valence-corrected chi connectivity index (χ2v) is 3.88. The highest BCUT2D eigenvalue weighted by Gasteiger charge is 2.08. The number of nitrogens with one attached hydrogen (secondary N) is 1. The highest BCUT2D eigenvalue weighted by Crippen LogP contribution is 2.19. The number of hydrogen-bond donors (Lipinski definition) is 2. The fourth-order valence-electron chi connectivity index (χ4n) is 1.06. The molecule has 0 bridgehead atoms. The van der Waals surface area contributed by atoms with E-state index in [1.165, 1.54) is 6.07 Å². The highest BCUT2D eigenvalue weighted by molar-refractivity contribution is 6.33. The molecule has 0 aliphatic rings. The van der Waals surface area contributed by atoms with Crippen LogP contribution in [0.4, 0.5) is 5.69 Å². The summed E-state index contributed by atoms with van der Waals surface area (Å²) in [5, 5.41) is 11.5. The summed E-state index contributed by atoms with van der Waals surface area (Å²) in [6.07, 6.45) is 0. The van der Waals surface area contributed by atoms with Crippen molar-refractivity contribution in [3.8, 4) is 6.07 Å². The molecule has 3 N–H and O–H groups in total. The van der Waals surface area contributed by atoms with Crippen molar-refractivity contribution < 1.29 is 4.79 Å². The normalized spacial score (nSPS) is 11.6. The zero-order valence-corrected chi connectivity index (χ0v) is 9.58. The molecule has 0 aliphatic carbocycles. The highest BCUT2D eigenvalue weighted by atomic mass is 35.5. The van der Waals surface area contributed by atoms with Crippen molar-refractivity contribution in [2.24, 2.45) is 5.92 Å². The molecule has 0 saturated heterocycles. The lowest BCUT2D eigenvalue weighted by atomic mass is 10.1. The molecule has 1 atom stereocenters. The zero-order chi connectivity index (χ0) is 12.1. The number of carbonyl (C=O) groups is 1. The molecule has 4 nitrogen and oxygen atoms in total. The molecule has 1 rings (SSSR count). The van der Waals surface area contributed by atoms with Crippen molar-refractivity contribution in [3.05, 3.63) is 28.8 Å². The van der Waals surface area contributed by atoms with Gasteiger partial charge in [0.15, 0.2) is 0 Å². The molecule has 0 heterocycles. The first-order valence-electron chi connectivity index (χ1n) is 4.77. The maximum absolute atomic E-state index is 11.6. The first-order valence-corrected chi connectivity index (χ1v) is 5.15. The van der Waals surface area contributed by atoms with Crippen LogP contribution in [0.15, 0.2) is 18.2 Å². The molecule has 1 aromatic carbocycles. The van der Waals surface area contributed by atoms with Gasteiger partial charge in [0, 0.05) is 12.1 Å². The Hall–Kier alpha value is -1.73. The van der Waals surface area contributed by atoms with Crippen LogP contribution in [0.1, 0.15) is 17.3 Å². The van der Waals surface area contributed by atoms with Crippen LogP contribution in [0.25, 0.3) is 0 Å². The van der Waals surface area contributed by atoms with Gasteiger partial charge in [0.1, 0.15) is 0 Å². The summed E-state index contributed by atoms with van der Waals surface area (Å²) < 4.78 is 0. The summed E-state index contributed by atoms with van der Waals surface area (Å²) in [6.45, 7) is 2.05. The fraction of sp³-hybridized carbons (Fsp3) is 0.273. The van der Waals surface area contributed by atoms with Crippen molar-refractivity contribution in [2.45, 2.75) is 6.92 Å². The predicted octanol–water partition coefficient (Wildman–Crippen LogP) is 1.81. The van der Waals surface area contributed by atoms with Crippen molar-refractivity contribution in [3.63, 3.8) is 0 Å². The summed E-state index contributed by atoms with van der Waals surface area (Å²) in [5.41, 5.74) is 6.39. The second-order valence-electron chi connectivity index (χ2n) is 3.48. The van der Waals surface area contributed by atoms with Crippen LogP contribution < -0.4 is 11.1 Å². The lowest BCUT2D eigenvalue weighted by Gasteiger charge is -2.07. The number of halogens is 1. The van der Waals surface area contributed by atoms with Gasteiger partial charge in [-0.1, -0.05) is 11.6 Å². The number of amides is 1. The Balaban J connectivity index is 2.67. The zero-order valence-electron chi connectivity index (χ0n) is 8.83. The van der Waals surface area contributed by atoms with Gasteiger partial charge >= 0.3 is 0 Å². The number of nitrogens with two attached hydrogens (primary N) is 1. The third kappa shape index (κ3) is 3.14. The molecule has 16 heavy (non-hydrogen) atoms. The summed E-state index contributed by atoms with van der Waals surface area (Å²) in [7, 11) is 0. The minimum atomic E-state index is -0.260. The van der Waals surface area contributed by atoms with E-state index < -0.39 is 0 Å². The van der Waals surface area contributed by atoms with E-state index in [0.29, 0.717) is 22.8 Å². The number of nitrogen functional groups attached to an aromatic ring is 1. The number of carbonyl (C=O) groups excluding carboxylic acids is 1. The number of anilines is 1. The molecule has 0 spiro atoms. The second kappa shape index (κ2) is 5.38. The van der Waals surface area contributed by atoms with Gasteiger partial charge in [-0.3, -0.25) is 4.79 Å². The van der Waals surface area contributed by atoms with Crippen molar-refractivity contribution in [1.82, 2.24) is 5.32 Å². The van der Waals surface area contributed by atoms with Gasteiger partial charge in [-0.25, -0.2) is 0 Å². The molecule has 1 amide bonds. The molecule has 0 fully saturated rings. The maximum atomic E-state index is 11.6. The molecule has 0 radical (unpaired) electrons. The lowest BCUT2D eigenvalue weighted by molar-refractivity contribution is 0.0951. The minimum absolute atomic E-state index is 0.215. The van der Waals surface area contributed by atoms with Gasteiger partial charge in [-0.2, -0.15) is 5.26 Å². The first-order chi connectivity index (χ1) is 7.54. The monoisotopic (exact) mass is 237 g/mol. The molecular formula is C11H12ClN3O. The Labute approximate surface area is 99.0 Å². The van der Waals surface area contributed by atoms with Gasteiger partial charge in [0.2, 0.25) is 0 Å². The maximum Gasteiger partial charge on any atom is 0.251 e. The van der Waals surface area contributed by atoms with Crippen molar-refractivity contribution in [2.75, 3.05) is 12.3 Å². The van der Waals surface area contributed by atoms with E-state index in [1.807, 2.05) is 6.07 Å². The van der Waals surface area contributed by atoms with Gasteiger partial charge in [-0.15, -0.1) is 0 Å². The van der Waals surface area contributed by atoms with Crippen LogP contribution in [0.2, 0.25) is 5.02 Å². The Morgan fingerprint density at radius 1 is 1.69 bits per heavy atom. The number of nitriles is 1. The smallest absolute Gasteiger partial charge is 0.251 e. The van der Waals surface area contributed by atoms with Gasteiger partial charge < -0.3 is 11.1 Å².